The van der Waals surface area contributed by atoms with Gasteiger partial charge in [0.05, 0.1) is 0 Å². The highest BCUT2D eigenvalue weighted by Crippen LogP contribution is 2.43. The van der Waals surface area contributed by atoms with E-state index in [0.29, 0.717) is 11.1 Å². The average Bonchev–Trinajstić information content (AvgIpc) is 3.08. The largest absolute Gasteiger partial charge is 0.288 e. The monoisotopic (exact) mass is 573 g/mol. The number of hydrogen-bond donors (Lipinski definition) is 1. The van der Waals surface area contributed by atoms with Gasteiger partial charge >= 0.3 is 0 Å². The second-order valence-electron chi connectivity index (χ2n) is 12.0. The van der Waals surface area contributed by atoms with Crippen molar-refractivity contribution in [3.63, 3.8) is 0 Å². The molecule has 45 heavy (non-hydrogen) atoms. The predicted octanol–water partition coefficient (Wildman–Crippen LogP) is 10.4. The molecule has 2 amide bonds. The number of carbonyl (C=O) groups excluding carboxylic acids is 2. The molecule has 0 saturated carbocycles. The van der Waals surface area contributed by atoms with Crippen LogP contribution in [0.2, 0.25) is 0 Å². The molecule has 0 fully saturated rings. The standard InChI is InChI=1S/C42H23NO2/c44-41(33-21-19-25-11-3-15-29-27-13-1-7-23-9-5-17-31(35(23)27)39(33)37(25)29)43-42(45)34-22-20-26-12-4-16-30-28-14-2-8-24-10-6-18-32(36(24)28)40(34)38(26)30/h1-22H,(H,43,44,45). The first-order valence-corrected chi connectivity index (χ1v) is 15.2. The van der Waals surface area contributed by atoms with E-state index in [1.807, 2.05) is 36.4 Å². The maximum Gasteiger partial charge on any atom is 0.258 e. The SMILES string of the molecule is O=C(NC(=O)c1ccc2cccc3c4cccc5cccc(c1c23)c54)c1ccc2cccc3c4cccc5cccc(c1c23)c54. The zero-order valence-electron chi connectivity index (χ0n) is 24.0. The minimum atomic E-state index is -0.405. The lowest BCUT2D eigenvalue weighted by molar-refractivity contribution is 0.0851. The Kier molecular flexibility index (Phi) is 4.74. The molecule has 208 valence electrons. The molecule has 10 rings (SSSR count). The van der Waals surface area contributed by atoms with Crippen LogP contribution in [0.15, 0.2) is 133 Å². The van der Waals surface area contributed by atoms with E-state index < -0.39 is 11.8 Å². The summed E-state index contributed by atoms with van der Waals surface area (Å²) in [6.45, 7) is 0. The lowest BCUT2D eigenvalue weighted by Gasteiger charge is -2.18. The fraction of sp³-hybridized carbons (Fsp3) is 0. The quantitative estimate of drug-likeness (QED) is 0.127. The summed E-state index contributed by atoms with van der Waals surface area (Å²) < 4.78 is 0. The molecule has 1 N–H and O–H groups in total. The third-order valence-corrected chi connectivity index (χ3v) is 9.74. The number of carbonyl (C=O) groups is 2. The van der Waals surface area contributed by atoms with Crippen molar-refractivity contribution in [3.05, 3.63) is 145 Å². The first-order chi connectivity index (χ1) is 22.2. The minimum Gasteiger partial charge on any atom is -0.288 e. The number of nitrogens with one attached hydrogen (secondary N) is 1. The minimum absolute atomic E-state index is 0.405. The van der Waals surface area contributed by atoms with Gasteiger partial charge in [-0.25, -0.2) is 0 Å². The number of imide groups is 1. The van der Waals surface area contributed by atoms with Gasteiger partial charge in [0.2, 0.25) is 0 Å². The van der Waals surface area contributed by atoms with E-state index in [2.05, 4.69) is 102 Å². The fourth-order valence-corrected chi connectivity index (χ4v) is 7.93. The van der Waals surface area contributed by atoms with Crippen molar-refractivity contribution in [3.8, 4) is 0 Å². The van der Waals surface area contributed by atoms with Gasteiger partial charge in [-0.15, -0.1) is 0 Å². The summed E-state index contributed by atoms with van der Waals surface area (Å²) in [5.74, 6) is -0.809. The van der Waals surface area contributed by atoms with Gasteiger partial charge in [0.25, 0.3) is 11.8 Å². The van der Waals surface area contributed by atoms with Crippen molar-refractivity contribution >= 4 is 98.0 Å². The second kappa shape index (κ2) is 8.75. The van der Waals surface area contributed by atoms with Crippen LogP contribution in [-0.4, -0.2) is 11.8 Å². The average molecular weight is 574 g/mol. The van der Waals surface area contributed by atoms with Crippen molar-refractivity contribution in [1.29, 1.82) is 0 Å². The van der Waals surface area contributed by atoms with Gasteiger partial charge < -0.3 is 0 Å². The van der Waals surface area contributed by atoms with E-state index in [0.717, 1.165) is 86.2 Å². The van der Waals surface area contributed by atoms with Crippen LogP contribution in [0.3, 0.4) is 0 Å². The Morgan fingerprint density at radius 1 is 0.311 bits per heavy atom. The summed E-state index contributed by atoms with van der Waals surface area (Å²) in [7, 11) is 0. The third-order valence-electron chi connectivity index (χ3n) is 9.74. The zero-order valence-corrected chi connectivity index (χ0v) is 24.0. The molecular weight excluding hydrogens is 550 g/mol. The van der Waals surface area contributed by atoms with Gasteiger partial charge in [0.15, 0.2) is 0 Å². The highest BCUT2D eigenvalue weighted by molar-refractivity contribution is 6.38. The Bertz CT molecular complexity index is 2670. The van der Waals surface area contributed by atoms with E-state index >= 15 is 0 Å². The maximum atomic E-state index is 14.2. The number of rotatable bonds is 2. The van der Waals surface area contributed by atoms with Crippen LogP contribution in [0.5, 0.6) is 0 Å². The van der Waals surface area contributed by atoms with Crippen LogP contribution in [0, 0.1) is 0 Å². The molecule has 10 aromatic carbocycles. The van der Waals surface area contributed by atoms with Gasteiger partial charge in [-0.1, -0.05) is 121 Å². The molecule has 0 heterocycles. The van der Waals surface area contributed by atoms with Gasteiger partial charge in [-0.05, 0) is 87.5 Å². The number of benzene rings is 10. The number of fused-ring (bicyclic) bond motifs is 4. The smallest absolute Gasteiger partial charge is 0.258 e. The fourth-order valence-electron chi connectivity index (χ4n) is 7.93. The number of amides is 2. The van der Waals surface area contributed by atoms with Gasteiger partial charge in [-0.2, -0.15) is 0 Å². The molecule has 0 aliphatic rings. The lowest BCUT2D eigenvalue weighted by Crippen LogP contribution is -2.30. The molecule has 0 aliphatic heterocycles. The van der Waals surface area contributed by atoms with Gasteiger partial charge in [0.1, 0.15) is 0 Å². The molecule has 0 aliphatic carbocycles. The summed E-state index contributed by atoms with van der Waals surface area (Å²) in [5, 5.41) is 19.8. The second-order valence-corrected chi connectivity index (χ2v) is 12.0. The molecule has 0 bridgehead atoms. The Morgan fingerprint density at radius 3 is 1.00 bits per heavy atom. The first-order valence-electron chi connectivity index (χ1n) is 15.2. The van der Waals surface area contributed by atoms with Gasteiger partial charge in [-0.3, -0.25) is 14.9 Å². The summed E-state index contributed by atoms with van der Waals surface area (Å²) in [4.78, 5) is 28.4. The molecule has 0 atom stereocenters. The van der Waals surface area contributed by atoms with Crippen LogP contribution >= 0.6 is 0 Å². The summed E-state index contributed by atoms with van der Waals surface area (Å²) in [5.41, 5.74) is 0.987. The molecule has 3 nitrogen and oxygen atoms in total. The van der Waals surface area contributed by atoms with Crippen molar-refractivity contribution in [1.82, 2.24) is 5.32 Å². The topological polar surface area (TPSA) is 46.2 Å². The van der Waals surface area contributed by atoms with E-state index in [1.54, 1.807) is 0 Å². The van der Waals surface area contributed by atoms with E-state index in [4.69, 9.17) is 0 Å². The molecule has 0 radical (unpaired) electrons. The maximum absolute atomic E-state index is 14.2. The van der Waals surface area contributed by atoms with E-state index in [-0.39, 0.29) is 0 Å². The highest BCUT2D eigenvalue weighted by atomic mass is 16.2. The first kappa shape index (κ1) is 24.4. The Labute approximate surface area is 257 Å². The summed E-state index contributed by atoms with van der Waals surface area (Å²) in [6, 6.07) is 45.4. The molecule has 0 aromatic heterocycles. The molecule has 0 saturated heterocycles. The van der Waals surface area contributed by atoms with Crippen LogP contribution < -0.4 is 5.32 Å². The predicted molar refractivity (Wildman–Crippen MR) is 187 cm³/mol. The summed E-state index contributed by atoms with van der Waals surface area (Å²) >= 11 is 0. The van der Waals surface area contributed by atoms with Crippen molar-refractivity contribution in [2.45, 2.75) is 0 Å². The molecule has 3 heteroatoms. The Morgan fingerprint density at radius 2 is 0.622 bits per heavy atom. The Hall–Kier alpha value is -6.06. The molecule has 0 unspecified atom stereocenters. The number of hydrogen-bond acceptors (Lipinski definition) is 2. The van der Waals surface area contributed by atoms with Crippen molar-refractivity contribution in [2.75, 3.05) is 0 Å². The molecule has 0 spiro atoms. The highest BCUT2D eigenvalue weighted by Gasteiger charge is 2.23. The van der Waals surface area contributed by atoms with Crippen molar-refractivity contribution < 1.29 is 9.59 Å². The van der Waals surface area contributed by atoms with Crippen LogP contribution in [0.4, 0.5) is 0 Å². The lowest BCUT2D eigenvalue weighted by atomic mass is 9.87. The van der Waals surface area contributed by atoms with Crippen LogP contribution in [0.25, 0.3) is 86.2 Å². The Balaban J connectivity index is 1.20. The normalized spacial score (nSPS) is 12.2. The van der Waals surface area contributed by atoms with Crippen LogP contribution in [-0.2, 0) is 0 Å². The summed E-state index contributed by atoms with van der Waals surface area (Å²) in [6.07, 6.45) is 0. The van der Waals surface area contributed by atoms with Crippen LogP contribution in [0.1, 0.15) is 20.7 Å². The van der Waals surface area contributed by atoms with Gasteiger partial charge in [0, 0.05) is 21.9 Å². The third kappa shape index (κ3) is 3.19. The molecule has 10 aromatic rings. The van der Waals surface area contributed by atoms with Crippen molar-refractivity contribution in [2.24, 2.45) is 0 Å². The van der Waals surface area contributed by atoms with E-state index in [9.17, 15) is 9.59 Å². The van der Waals surface area contributed by atoms with E-state index in [1.165, 1.54) is 0 Å². The zero-order chi connectivity index (χ0) is 29.8. The molecular formula is C42H23NO2.